The Labute approximate surface area is 226 Å². The van der Waals surface area contributed by atoms with Gasteiger partial charge in [-0.3, -0.25) is 4.57 Å². The molecule has 0 aliphatic rings. The zero-order valence-corrected chi connectivity index (χ0v) is 23.1. The number of carbonyl (C=O) groups is 1. The van der Waals surface area contributed by atoms with Crippen molar-refractivity contribution in [1.82, 2.24) is 20.1 Å². The number of methoxy groups -OCH3 is 1. The Bertz CT molecular complexity index is 1420. The highest BCUT2D eigenvalue weighted by molar-refractivity contribution is 7.98. The number of halogens is 1. The summed E-state index contributed by atoms with van der Waals surface area (Å²) in [5.74, 6) is 2.08. The van der Waals surface area contributed by atoms with Gasteiger partial charge in [-0.25, -0.2) is 4.79 Å². The molecule has 192 valence electrons. The second-order valence-corrected chi connectivity index (χ2v) is 10.2. The summed E-state index contributed by atoms with van der Waals surface area (Å²) in [5, 5.41) is 16.2. The summed E-state index contributed by atoms with van der Waals surface area (Å²) in [6.07, 6.45) is 0. The maximum absolute atomic E-state index is 12.8. The number of carbonyl (C=O) groups excluding carboxylic acids is 1. The molecule has 7 nitrogen and oxygen atoms in total. The third kappa shape index (κ3) is 6.45. The van der Waals surface area contributed by atoms with E-state index in [0.717, 1.165) is 33.8 Å². The van der Waals surface area contributed by atoms with E-state index < -0.39 is 6.04 Å². The van der Waals surface area contributed by atoms with E-state index in [9.17, 15) is 4.79 Å². The van der Waals surface area contributed by atoms with Crippen LogP contribution in [-0.4, -0.2) is 27.9 Å². The predicted molar refractivity (Wildman–Crippen MR) is 150 cm³/mol. The van der Waals surface area contributed by atoms with Crippen LogP contribution in [0.5, 0.6) is 5.75 Å². The molecule has 9 heteroatoms. The first-order valence-electron chi connectivity index (χ1n) is 11.9. The van der Waals surface area contributed by atoms with Crippen molar-refractivity contribution in [2.75, 3.05) is 12.4 Å². The lowest BCUT2D eigenvalue weighted by atomic mass is 10.1. The largest absolute Gasteiger partial charge is 0.497 e. The van der Waals surface area contributed by atoms with Gasteiger partial charge >= 0.3 is 6.03 Å². The van der Waals surface area contributed by atoms with Crippen molar-refractivity contribution in [2.24, 2.45) is 0 Å². The molecule has 4 aromatic rings. The Morgan fingerprint density at radius 2 is 1.81 bits per heavy atom. The SMILES string of the molecule is COc1cccc(CSc2nnc(C(C)NC(=O)Nc3ccc(C)c(C)c3)n2-c2cc(Cl)ccc2C)c1. The molecule has 0 fully saturated rings. The van der Waals surface area contributed by atoms with Crippen LogP contribution in [0.15, 0.2) is 65.8 Å². The smallest absolute Gasteiger partial charge is 0.319 e. The van der Waals surface area contributed by atoms with E-state index in [1.807, 2.05) is 92.9 Å². The Hall–Kier alpha value is -3.49. The number of thioether (sulfide) groups is 1. The van der Waals surface area contributed by atoms with Gasteiger partial charge in [0.1, 0.15) is 5.75 Å². The monoisotopic (exact) mass is 535 g/mol. The third-order valence-electron chi connectivity index (χ3n) is 6.07. The molecule has 0 radical (unpaired) electrons. The average Bonchev–Trinajstić information content (AvgIpc) is 3.30. The number of nitrogens with zero attached hydrogens (tertiary/aromatic N) is 3. The number of amides is 2. The number of hydrogen-bond acceptors (Lipinski definition) is 5. The van der Waals surface area contributed by atoms with Gasteiger partial charge in [-0.15, -0.1) is 10.2 Å². The summed E-state index contributed by atoms with van der Waals surface area (Å²) >= 11 is 7.92. The van der Waals surface area contributed by atoms with Gasteiger partial charge in [0, 0.05) is 16.5 Å². The highest BCUT2D eigenvalue weighted by Crippen LogP contribution is 2.31. The van der Waals surface area contributed by atoms with Gasteiger partial charge in [-0.2, -0.15) is 0 Å². The minimum Gasteiger partial charge on any atom is -0.497 e. The Balaban J connectivity index is 1.60. The van der Waals surface area contributed by atoms with Crippen LogP contribution in [0.1, 0.15) is 41.0 Å². The van der Waals surface area contributed by atoms with E-state index in [2.05, 4.69) is 20.8 Å². The average molecular weight is 536 g/mol. The van der Waals surface area contributed by atoms with E-state index in [0.29, 0.717) is 21.8 Å². The number of urea groups is 1. The van der Waals surface area contributed by atoms with Crippen LogP contribution in [0.2, 0.25) is 5.02 Å². The maximum Gasteiger partial charge on any atom is 0.319 e. The topological polar surface area (TPSA) is 81.1 Å². The number of rotatable bonds is 8. The quantitative estimate of drug-likeness (QED) is 0.237. The van der Waals surface area contributed by atoms with Crippen molar-refractivity contribution in [3.8, 4) is 11.4 Å². The van der Waals surface area contributed by atoms with Crippen molar-refractivity contribution in [2.45, 2.75) is 44.6 Å². The zero-order valence-electron chi connectivity index (χ0n) is 21.5. The minimum atomic E-state index is -0.427. The third-order valence-corrected chi connectivity index (χ3v) is 7.31. The molecule has 4 rings (SSSR count). The second kappa shape index (κ2) is 11.7. The van der Waals surface area contributed by atoms with Gasteiger partial charge in [0.25, 0.3) is 0 Å². The fraction of sp³-hybridized carbons (Fsp3) is 0.250. The van der Waals surface area contributed by atoms with Crippen molar-refractivity contribution in [1.29, 1.82) is 0 Å². The van der Waals surface area contributed by atoms with Gasteiger partial charge in [-0.1, -0.05) is 47.6 Å². The van der Waals surface area contributed by atoms with Gasteiger partial charge < -0.3 is 15.4 Å². The van der Waals surface area contributed by atoms with E-state index in [1.54, 1.807) is 18.9 Å². The highest BCUT2D eigenvalue weighted by atomic mass is 35.5. The van der Waals surface area contributed by atoms with Crippen molar-refractivity contribution < 1.29 is 9.53 Å². The lowest BCUT2D eigenvalue weighted by Crippen LogP contribution is -2.32. The predicted octanol–water partition coefficient (Wildman–Crippen LogP) is 7.03. The normalized spacial score (nSPS) is 11.7. The summed E-state index contributed by atoms with van der Waals surface area (Å²) in [7, 11) is 1.65. The maximum atomic E-state index is 12.8. The molecule has 1 heterocycles. The van der Waals surface area contributed by atoms with E-state index in [-0.39, 0.29) is 6.03 Å². The first-order chi connectivity index (χ1) is 17.7. The molecule has 1 unspecified atom stereocenters. The van der Waals surface area contributed by atoms with Gasteiger partial charge in [-0.05, 0) is 86.3 Å². The van der Waals surface area contributed by atoms with Crippen molar-refractivity contribution in [3.05, 3.63) is 93.8 Å². The summed E-state index contributed by atoms with van der Waals surface area (Å²) in [4.78, 5) is 12.8. The summed E-state index contributed by atoms with van der Waals surface area (Å²) in [5.41, 5.74) is 5.99. The van der Waals surface area contributed by atoms with E-state index in [4.69, 9.17) is 16.3 Å². The number of aromatic nitrogens is 3. The molecule has 1 aromatic heterocycles. The molecule has 0 saturated carbocycles. The van der Waals surface area contributed by atoms with Crippen LogP contribution in [0, 0.1) is 20.8 Å². The van der Waals surface area contributed by atoms with E-state index in [1.165, 1.54) is 5.56 Å². The number of ether oxygens (including phenoxy) is 1. The van der Waals surface area contributed by atoms with Gasteiger partial charge in [0.05, 0.1) is 18.8 Å². The first-order valence-corrected chi connectivity index (χ1v) is 13.2. The fourth-order valence-corrected chi connectivity index (χ4v) is 4.92. The van der Waals surface area contributed by atoms with Crippen LogP contribution in [0.25, 0.3) is 5.69 Å². The number of benzene rings is 3. The van der Waals surface area contributed by atoms with Gasteiger partial charge in [0.15, 0.2) is 11.0 Å². The number of nitrogens with one attached hydrogen (secondary N) is 2. The lowest BCUT2D eigenvalue weighted by Gasteiger charge is -2.18. The molecular weight excluding hydrogens is 506 g/mol. The van der Waals surface area contributed by atoms with Crippen molar-refractivity contribution >= 4 is 35.1 Å². The number of hydrogen-bond donors (Lipinski definition) is 2. The molecule has 0 aliphatic carbocycles. The van der Waals surface area contributed by atoms with Gasteiger partial charge in [0.2, 0.25) is 0 Å². The molecule has 0 spiro atoms. The van der Waals surface area contributed by atoms with Crippen LogP contribution < -0.4 is 15.4 Å². The van der Waals surface area contributed by atoms with E-state index >= 15 is 0 Å². The minimum absolute atomic E-state index is 0.321. The molecule has 3 aromatic carbocycles. The lowest BCUT2D eigenvalue weighted by molar-refractivity contribution is 0.249. The molecule has 2 amide bonds. The molecule has 0 aliphatic heterocycles. The van der Waals surface area contributed by atoms with Crippen molar-refractivity contribution in [3.63, 3.8) is 0 Å². The van der Waals surface area contributed by atoms with Crippen LogP contribution in [0.4, 0.5) is 10.5 Å². The molecule has 37 heavy (non-hydrogen) atoms. The fourth-order valence-electron chi connectivity index (χ4n) is 3.86. The standard InChI is InChI=1S/C28H30ClN5O2S/c1-17-10-12-23(13-19(17)3)31-27(35)30-20(4)26-32-33-28(34(26)25-15-22(29)11-9-18(25)2)37-16-21-7-6-8-24(14-21)36-5/h6-15,20H,16H2,1-5H3,(H2,30,31,35). The number of anilines is 1. The molecule has 2 N–H and O–H groups in total. The van der Waals surface area contributed by atoms with Crippen LogP contribution in [0.3, 0.4) is 0 Å². The first kappa shape index (κ1) is 26.6. The molecule has 0 bridgehead atoms. The zero-order chi connectivity index (χ0) is 26.5. The summed E-state index contributed by atoms with van der Waals surface area (Å²) in [6.45, 7) is 7.95. The van der Waals surface area contributed by atoms with Crippen LogP contribution >= 0.6 is 23.4 Å². The number of aryl methyl sites for hydroxylation is 3. The summed E-state index contributed by atoms with van der Waals surface area (Å²) < 4.78 is 7.32. The molecular formula is C28H30ClN5O2S. The Morgan fingerprint density at radius 3 is 2.57 bits per heavy atom. The Morgan fingerprint density at radius 1 is 1.03 bits per heavy atom. The highest BCUT2D eigenvalue weighted by Gasteiger charge is 2.22. The van der Waals surface area contributed by atoms with Crippen LogP contribution in [-0.2, 0) is 5.75 Å². The Kier molecular flexibility index (Phi) is 8.41. The molecule has 1 atom stereocenters. The summed E-state index contributed by atoms with van der Waals surface area (Å²) in [6, 6.07) is 18.7. The second-order valence-electron chi connectivity index (χ2n) is 8.87. The molecule has 0 saturated heterocycles.